The minimum atomic E-state index is -0.777. The first-order chi connectivity index (χ1) is 59.2. The zero-order valence-corrected chi connectivity index (χ0v) is 71.3. The number of rotatable bonds is 20. The standard InChI is InChI=1S/C87H114N20O15.Tb/c1-58-64-13-8-14-65(58)80(115)97-44-48-106-49-45-98-83(118)69-18-10-16-67(76(69)111)82(117)96-43-40-91-36-37-92-56-63(12-6-7-32-93-73(108)21-4-2-3-5-22-74(109)102-54-60-27-29-62(30-28-60)78(113)103-55-59-23-25-61(26-24-59)57-122-87-101-33-31-72(88)105-87)104-86(121)71-20-11-19-70(77(71)112)85(120)100-47-51-107(53-52-106)50-46-99-84(119)68-17-9-15-66(75(68)110)81(116)95-42-39-90-35-34-89-38-41-94-79(64)114;/h8-11,13-20,23-31,33,63,89-92,110-112H,2-7,12,21-22,32,34-57H2,1H3,(H,93,108)(H,94,114)(H,95,116)(H,96,117)(H,97,115)(H,98,118)(H,99,119)(H,100,120)(H,102,109)(H,103,113)(H,104,121)(H2,88,101,105);/q;+3/p-2. The van der Waals surface area contributed by atoms with Gasteiger partial charge in [0.2, 0.25) is 11.8 Å². The van der Waals surface area contributed by atoms with E-state index in [0.717, 1.165) is 29.5 Å². The largest absolute Gasteiger partial charge is 3.00 e. The van der Waals surface area contributed by atoms with Crippen molar-refractivity contribution in [1.82, 2.24) is 99.5 Å². The van der Waals surface area contributed by atoms with Gasteiger partial charge in [0.25, 0.3) is 53.2 Å². The third kappa shape index (κ3) is 32.8. The number of nitrogens with one attached hydrogen (secondary N) is 15. The Bertz CT molecular complexity index is 4680. The molecular formula is C87H112N20O15Tb+. The van der Waals surface area contributed by atoms with Crippen molar-refractivity contribution < 1.29 is 111 Å². The van der Waals surface area contributed by atoms with Gasteiger partial charge >= 0.3 is 44.6 Å². The molecule has 1 aromatic heterocycles. The van der Waals surface area contributed by atoms with E-state index in [0.29, 0.717) is 133 Å². The van der Waals surface area contributed by atoms with E-state index < -0.39 is 64.6 Å². The van der Waals surface area contributed by atoms with Crippen molar-refractivity contribution in [3.8, 4) is 23.3 Å². The van der Waals surface area contributed by atoms with Crippen molar-refractivity contribution in [1.29, 1.82) is 0 Å². The Balaban J connectivity index is 0.0000188. The fourth-order valence-corrected chi connectivity index (χ4v) is 13.5. The summed E-state index contributed by atoms with van der Waals surface area (Å²) in [4.78, 5) is 160. The first-order valence-electron chi connectivity index (χ1n) is 41.5. The summed E-state index contributed by atoms with van der Waals surface area (Å²) in [6.45, 7) is 7.89. The number of carbonyl (C=O) groups is 11. The molecule has 658 valence electrons. The monoisotopic (exact) mass is 1840 g/mol. The van der Waals surface area contributed by atoms with Crippen molar-refractivity contribution in [3.63, 3.8) is 0 Å². The number of carbonyl (C=O) groups excluding carboxylic acids is 11. The van der Waals surface area contributed by atoms with E-state index in [9.17, 15) is 68.1 Å². The quantitative estimate of drug-likeness (QED) is 0.0473. The van der Waals surface area contributed by atoms with Gasteiger partial charge in [-0.3, -0.25) is 62.5 Å². The number of nitrogens with two attached hydrogens (primary N) is 1. The third-order valence-corrected chi connectivity index (χ3v) is 20.5. The molecule has 3 unspecified atom stereocenters. The van der Waals surface area contributed by atoms with Gasteiger partial charge < -0.3 is 106 Å². The fraction of sp³-hybridized carbons (Fsp3) is 0.414. The summed E-state index contributed by atoms with van der Waals surface area (Å²) in [7, 11) is 0. The number of phenolic OH excluding ortho intramolecular Hbond substituents is 1. The molecule has 2 aliphatic rings. The average molecular weight is 1840 g/mol. The van der Waals surface area contributed by atoms with Crippen LogP contribution in [0.5, 0.6) is 23.3 Å². The number of anilines is 1. The second-order valence-electron chi connectivity index (χ2n) is 29.4. The van der Waals surface area contributed by atoms with Crippen LogP contribution in [0.4, 0.5) is 5.82 Å². The van der Waals surface area contributed by atoms with Crippen molar-refractivity contribution in [2.75, 3.05) is 150 Å². The van der Waals surface area contributed by atoms with Crippen LogP contribution in [0, 0.1) is 45.5 Å². The van der Waals surface area contributed by atoms with Gasteiger partial charge in [-0.25, -0.2) is 4.98 Å². The predicted molar refractivity (Wildman–Crippen MR) is 454 cm³/mol. The molecule has 0 saturated carbocycles. The number of nitrogens with zero attached hydrogens (tertiary/aromatic N) is 4. The van der Waals surface area contributed by atoms with Crippen LogP contribution in [0.2, 0.25) is 0 Å². The summed E-state index contributed by atoms with van der Waals surface area (Å²) in [5.74, 6) is -7.24. The molecule has 9 rings (SSSR count). The predicted octanol–water partition coefficient (Wildman–Crippen LogP) is 0.970. The topological polar surface area (TPSA) is 502 Å². The average Bonchev–Trinajstić information content (AvgIpc) is 0.839. The Morgan fingerprint density at radius 3 is 1.32 bits per heavy atom. The number of para-hydroxylation sites is 3. The molecular weight excluding hydrogens is 1720 g/mol. The van der Waals surface area contributed by atoms with Gasteiger partial charge in [0.05, 0.1) is 11.1 Å². The summed E-state index contributed by atoms with van der Waals surface area (Å²) in [5.41, 5.74) is 8.54. The molecule has 35 nitrogen and oxygen atoms in total. The van der Waals surface area contributed by atoms with Gasteiger partial charge in [0.1, 0.15) is 18.2 Å². The zero-order chi connectivity index (χ0) is 86.8. The van der Waals surface area contributed by atoms with E-state index in [1.54, 1.807) is 55.5 Å². The Kier molecular flexibility index (Phi) is 41.7. The molecule has 0 radical (unpaired) electrons. The molecule has 0 aliphatic carbocycles. The second kappa shape index (κ2) is 52.8. The minimum absolute atomic E-state index is 0. The molecule has 11 amide bonds. The number of hydrogen-bond donors (Lipinski definition) is 17. The van der Waals surface area contributed by atoms with E-state index in [-0.39, 0.29) is 205 Å². The van der Waals surface area contributed by atoms with Crippen LogP contribution in [0.15, 0.2) is 134 Å². The normalized spacial score (nSPS) is 17.3. The molecule has 0 saturated heterocycles. The van der Waals surface area contributed by atoms with Gasteiger partial charge in [-0.2, -0.15) is 4.98 Å². The number of amides is 11. The SMILES string of the molecule is Cc1c2cccc1C(=O)NCCN1CCNC(=O)c3cccc(c3[O-])C(=O)NCCNCCNCC(CCCCNC(=O)CCCCCCC(=O)NCc3ccc(C(=O)NCc4ccc(COc5nccc(N)n5)cc4)cc3)NC(=O)c3cccc(c3O)C(=O)NCCN(CCNC(=O)c3cccc(c3[O-])C(=O)NCCNCCNCCNC2=O)CC1.[Tb+3]. The van der Waals surface area contributed by atoms with Crippen LogP contribution in [0.3, 0.4) is 0 Å². The van der Waals surface area contributed by atoms with Crippen molar-refractivity contribution in [3.05, 3.63) is 206 Å². The molecule has 6 aromatic carbocycles. The molecule has 7 aromatic rings. The number of aromatic nitrogens is 2. The maximum atomic E-state index is 14.2. The minimum Gasteiger partial charge on any atom is -0.871 e. The number of ether oxygens (including phenoxy) is 1. The van der Waals surface area contributed by atoms with Crippen LogP contribution in [0.25, 0.3) is 0 Å². The molecule has 0 spiro atoms. The van der Waals surface area contributed by atoms with Gasteiger partial charge in [-0.1, -0.05) is 109 Å². The van der Waals surface area contributed by atoms with Crippen LogP contribution in [-0.2, 0) is 29.3 Å². The number of fused-ring (bicyclic) bond motifs is 11. The zero-order valence-electron chi connectivity index (χ0n) is 69.2. The van der Waals surface area contributed by atoms with Gasteiger partial charge in [0, 0.05) is 221 Å². The Morgan fingerprint density at radius 2 is 0.837 bits per heavy atom. The maximum absolute atomic E-state index is 14.2. The summed E-state index contributed by atoms with van der Waals surface area (Å²) in [6, 6.07) is 33.2. The summed E-state index contributed by atoms with van der Waals surface area (Å²) in [6.07, 6.45) is 6.53. The first-order valence-corrected chi connectivity index (χ1v) is 41.5. The molecule has 3 atom stereocenters. The van der Waals surface area contributed by atoms with E-state index in [1.807, 2.05) is 34.1 Å². The Hall–Kier alpha value is -11.4. The Morgan fingerprint density at radius 1 is 0.447 bits per heavy atom. The summed E-state index contributed by atoms with van der Waals surface area (Å²) >= 11 is 0. The van der Waals surface area contributed by atoms with E-state index in [2.05, 4.69) is 89.7 Å². The van der Waals surface area contributed by atoms with E-state index in [4.69, 9.17) is 10.5 Å². The Labute approximate surface area is 746 Å². The number of aromatic hydroxyl groups is 1. The molecule has 2 aliphatic heterocycles. The van der Waals surface area contributed by atoms with E-state index in [1.165, 1.54) is 60.8 Å². The number of benzene rings is 6. The van der Waals surface area contributed by atoms with Crippen molar-refractivity contribution in [2.45, 2.75) is 90.4 Å². The number of hydrogen-bond acceptors (Lipinski definition) is 24. The van der Waals surface area contributed by atoms with E-state index >= 15 is 0 Å². The fourth-order valence-electron chi connectivity index (χ4n) is 13.5. The van der Waals surface area contributed by atoms with Gasteiger partial charge in [0.15, 0.2) is 0 Å². The summed E-state index contributed by atoms with van der Waals surface area (Å²) < 4.78 is 5.60. The number of unbranched alkanes of at least 4 members (excludes halogenated alkanes) is 4. The van der Waals surface area contributed by atoms with Crippen LogP contribution >= 0.6 is 0 Å². The number of nitrogen functional groups attached to an aromatic ring is 1. The maximum Gasteiger partial charge on any atom is 3.00 e. The molecule has 10 bridgehead atoms. The van der Waals surface area contributed by atoms with Gasteiger partial charge in [-0.15, -0.1) is 0 Å². The summed E-state index contributed by atoms with van der Waals surface area (Å²) in [5, 5.41) is 83.7. The second-order valence-corrected chi connectivity index (χ2v) is 29.4. The molecule has 3 heterocycles. The smallest absolute Gasteiger partial charge is 0.871 e. The molecule has 36 heteroatoms. The first kappa shape index (κ1) is 97.1. The third-order valence-electron chi connectivity index (χ3n) is 20.5. The van der Waals surface area contributed by atoms with Crippen LogP contribution in [-0.4, -0.2) is 240 Å². The molecule has 123 heavy (non-hydrogen) atoms. The molecule has 0 fully saturated rings. The van der Waals surface area contributed by atoms with Crippen LogP contribution < -0.4 is 100 Å². The van der Waals surface area contributed by atoms with Crippen molar-refractivity contribution in [2.24, 2.45) is 0 Å². The van der Waals surface area contributed by atoms with Crippen molar-refractivity contribution >= 4 is 70.8 Å². The van der Waals surface area contributed by atoms with Crippen LogP contribution in [0.1, 0.15) is 173 Å². The van der Waals surface area contributed by atoms with Gasteiger partial charge in [-0.05, 0) is 104 Å². The number of phenols is 1. The molecule has 18 N–H and O–H groups in total.